The van der Waals surface area contributed by atoms with Gasteiger partial charge in [0.2, 0.25) is 0 Å². The molecule has 4 aliphatic carbocycles. The minimum absolute atomic E-state index is 0.00645. The van der Waals surface area contributed by atoms with E-state index in [2.05, 4.69) is 16.1 Å². The minimum atomic E-state index is -6.05. The van der Waals surface area contributed by atoms with Gasteiger partial charge < -0.3 is 14.2 Å². The molecule has 16 heteroatoms. The van der Waals surface area contributed by atoms with Crippen molar-refractivity contribution in [1.29, 1.82) is 0 Å². The van der Waals surface area contributed by atoms with E-state index < -0.39 is 96.9 Å². The molecule has 2 atom stereocenters. The molecule has 0 spiro atoms. The number of rotatable bonds is 8. The number of ether oxygens (including phenoxy) is 3. The number of carbonyl (C=O) groups excluding carboxylic acids is 3. The number of carbonyl (C=O) groups is 3. The summed E-state index contributed by atoms with van der Waals surface area (Å²) in [6.45, 7) is -0.162. The Labute approximate surface area is 208 Å². The van der Waals surface area contributed by atoms with Gasteiger partial charge in [0, 0.05) is 18.4 Å². The van der Waals surface area contributed by atoms with Crippen LogP contribution in [0, 0.1) is 16.7 Å². The van der Waals surface area contributed by atoms with E-state index in [1.54, 1.807) is 0 Å². The Kier molecular flexibility index (Phi) is 7.10. The number of halogens is 10. The zero-order chi connectivity index (χ0) is 29.2. The molecule has 0 heterocycles. The van der Waals surface area contributed by atoms with Crippen LogP contribution >= 0.6 is 0 Å². The van der Waals surface area contributed by atoms with Crippen molar-refractivity contribution in [3.8, 4) is 0 Å². The molecule has 4 fully saturated rings. The Balaban J connectivity index is 1.93. The summed E-state index contributed by atoms with van der Waals surface area (Å²) in [4.78, 5) is 38.2. The van der Waals surface area contributed by atoms with Crippen molar-refractivity contribution in [2.24, 2.45) is 16.7 Å². The molecule has 0 N–H and O–H groups in total. The molecule has 0 aromatic carbocycles. The third-order valence-corrected chi connectivity index (χ3v) is 7.14. The molecule has 0 saturated heterocycles. The third-order valence-electron chi connectivity index (χ3n) is 7.14. The van der Waals surface area contributed by atoms with Gasteiger partial charge in [0.15, 0.2) is 13.2 Å². The summed E-state index contributed by atoms with van der Waals surface area (Å²) < 4.78 is 143. The molecule has 0 aliphatic heterocycles. The first-order chi connectivity index (χ1) is 17.0. The fraction of sp³-hybridized carbons (Fsp3) is 0.773. The Morgan fingerprint density at radius 1 is 0.737 bits per heavy atom. The average Bonchev–Trinajstić information content (AvgIpc) is 2.72. The van der Waals surface area contributed by atoms with E-state index in [1.807, 2.05) is 0 Å². The molecule has 4 saturated carbocycles. The van der Waals surface area contributed by atoms with Crippen LogP contribution in [0.3, 0.4) is 0 Å². The molecular formula is C22H22F10O6. The fourth-order valence-corrected chi connectivity index (χ4v) is 5.98. The maximum atomic E-state index is 13.4. The highest BCUT2D eigenvalue weighted by Crippen LogP contribution is 2.68. The van der Waals surface area contributed by atoms with Crippen molar-refractivity contribution >= 4 is 17.9 Å². The Bertz CT molecular complexity index is 959. The van der Waals surface area contributed by atoms with Crippen molar-refractivity contribution < 1.29 is 72.5 Å². The molecule has 4 rings (SSSR count). The van der Waals surface area contributed by atoms with Gasteiger partial charge in [-0.05, 0) is 38.5 Å². The van der Waals surface area contributed by atoms with Gasteiger partial charge in [-0.25, -0.2) is 4.79 Å². The second kappa shape index (κ2) is 9.00. The van der Waals surface area contributed by atoms with E-state index in [0.29, 0.717) is 0 Å². The summed E-state index contributed by atoms with van der Waals surface area (Å²) in [6.07, 6.45) is -14.1. The molecule has 0 radical (unpaired) electrons. The second-order valence-corrected chi connectivity index (χ2v) is 10.5. The fourth-order valence-electron chi connectivity index (χ4n) is 5.98. The van der Waals surface area contributed by atoms with Gasteiger partial charge in [-0.2, -0.15) is 43.9 Å². The van der Waals surface area contributed by atoms with E-state index in [9.17, 15) is 58.3 Å². The summed E-state index contributed by atoms with van der Waals surface area (Å²) in [5.41, 5.74) is -5.82. The van der Waals surface area contributed by atoms with Gasteiger partial charge in [-0.1, -0.05) is 6.58 Å². The quantitative estimate of drug-likeness (QED) is 0.170. The van der Waals surface area contributed by atoms with E-state index in [4.69, 9.17) is 4.74 Å². The van der Waals surface area contributed by atoms with Gasteiger partial charge >= 0.3 is 42.1 Å². The van der Waals surface area contributed by atoms with E-state index in [-0.39, 0.29) is 24.8 Å². The van der Waals surface area contributed by atoms with Gasteiger partial charge in [0.1, 0.15) is 5.60 Å². The Hall–Kier alpha value is -2.55. The largest absolute Gasteiger partial charge is 0.458 e. The zero-order valence-corrected chi connectivity index (χ0v) is 19.7. The van der Waals surface area contributed by atoms with Gasteiger partial charge in [0.05, 0.1) is 10.8 Å². The van der Waals surface area contributed by atoms with Crippen LogP contribution in [-0.2, 0) is 28.6 Å². The van der Waals surface area contributed by atoms with Gasteiger partial charge in [0.25, 0.3) is 0 Å². The van der Waals surface area contributed by atoms with Crippen LogP contribution in [0.5, 0.6) is 0 Å². The highest BCUT2D eigenvalue weighted by atomic mass is 19.4. The number of hydrogen-bond donors (Lipinski definition) is 0. The lowest BCUT2D eigenvalue weighted by Crippen LogP contribution is -2.66. The number of alkyl halides is 10. The molecular weight excluding hydrogens is 550 g/mol. The summed E-state index contributed by atoms with van der Waals surface area (Å²) in [5, 5.41) is 0. The topological polar surface area (TPSA) is 78.9 Å². The number of hydrogen-bond acceptors (Lipinski definition) is 6. The zero-order valence-electron chi connectivity index (χ0n) is 19.7. The van der Waals surface area contributed by atoms with Crippen molar-refractivity contribution in [3.63, 3.8) is 0 Å². The average molecular weight is 572 g/mol. The van der Waals surface area contributed by atoms with Crippen LogP contribution in [0.4, 0.5) is 43.9 Å². The predicted molar refractivity (Wildman–Crippen MR) is 104 cm³/mol. The van der Waals surface area contributed by atoms with Crippen LogP contribution < -0.4 is 0 Å². The normalized spacial score (nSPS) is 31.1. The summed E-state index contributed by atoms with van der Waals surface area (Å²) in [5.74, 6) is -15.8. The summed E-state index contributed by atoms with van der Waals surface area (Å²) in [7, 11) is 0. The molecule has 216 valence electrons. The summed E-state index contributed by atoms with van der Waals surface area (Å²) >= 11 is 0. The monoisotopic (exact) mass is 572 g/mol. The molecule has 6 nitrogen and oxygen atoms in total. The molecule has 0 amide bonds. The Morgan fingerprint density at radius 2 is 1.13 bits per heavy atom. The Morgan fingerprint density at radius 3 is 1.47 bits per heavy atom. The standard InChI is InChI=1S/C22H22F10O6/c1-11(2)13(33)38-18-5-12-3-16(7-18,14(34)36-9-19(23,24)21(27,28)29)6-17(4-12,8-18)15(35)37-10-20(25,26)22(30,31)32/h12H,1,3-10H2,2H3. The van der Waals surface area contributed by atoms with Crippen molar-refractivity contribution in [2.45, 2.75) is 75.2 Å². The molecule has 4 bridgehead atoms. The first-order valence-electron chi connectivity index (χ1n) is 11.1. The lowest BCUT2D eigenvalue weighted by Gasteiger charge is -2.63. The molecule has 4 aliphatic rings. The van der Waals surface area contributed by atoms with Crippen LogP contribution in [-0.4, -0.2) is 60.9 Å². The predicted octanol–water partition coefficient (Wildman–Crippen LogP) is 5.30. The first-order valence-corrected chi connectivity index (χ1v) is 11.1. The highest BCUT2D eigenvalue weighted by Gasteiger charge is 2.71. The minimum Gasteiger partial charge on any atom is -0.458 e. The van der Waals surface area contributed by atoms with E-state index in [0.717, 1.165) is 0 Å². The van der Waals surface area contributed by atoms with Crippen molar-refractivity contribution in [2.75, 3.05) is 13.2 Å². The number of esters is 3. The maximum absolute atomic E-state index is 13.4. The van der Waals surface area contributed by atoms with Crippen LogP contribution in [0.25, 0.3) is 0 Å². The second-order valence-electron chi connectivity index (χ2n) is 10.5. The smallest absolute Gasteiger partial charge is 0.456 e. The van der Waals surface area contributed by atoms with Crippen molar-refractivity contribution in [3.05, 3.63) is 12.2 Å². The van der Waals surface area contributed by atoms with E-state index in [1.165, 1.54) is 6.92 Å². The molecule has 0 aromatic rings. The lowest BCUT2D eigenvalue weighted by molar-refractivity contribution is -0.298. The van der Waals surface area contributed by atoms with E-state index >= 15 is 0 Å². The van der Waals surface area contributed by atoms with Crippen LogP contribution in [0.1, 0.15) is 45.4 Å². The SMILES string of the molecule is C=C(C)C(=O)OC12CC3CC(C(=O)OCC(F)(F)C(F)(F)F)(C1)CC(C(=O)OCC(F)(F)C(F)(F)F)(C3)C2. The lowest BCUT2D eigenvalue weighted by atomic mass is 9.42. The molecule has 38 heavy (non-hydrogen) atoms. The highest BCUT2D eigenvalue weighted by molar-refractivity contribution is 5.88. The molecule has 0 aromatic heterocycles. The van der Waals surface area contributed by atoms with Crippen LogP contribution in [0.2, 0.25) is 0 Å². The van der Waals surface area contributed by atoms with Gasteiger partial charge in [-0.3, -0.25) is 9.59 Å². The third kappa shape index (κ3) is 5.31. The molecule has 2 unspecified atom stereocenters. The van der Waals surface area contributed by atoms with Crippen LogP contribution in [0.15, 0.2) is 12.2 Å². The van der Waals surface area contributed by atoms with Crippen molar-refractivity contribution in [1.82, 2.24) is 0 Å². The first kappa shape index (κ1) is 30.0. The summed E-state index contributed by atoms with van der Waals surface area (Å²) in [6, 6.07) is 0. The maximum Gasteiger partial charge on any atom is 0.456 e. The van der Waals surface area contributed by atoms with Gasteiger partial charge in [-0.15, -0.1) is 0 Å².